The van der Waals surface area contributed by atoms with Gasteiger partial charge in [-0.05, 0) is 29.3 Å². The lowest BCUT2D eigenvalue weighted by Gasteiger charge is -2.17. The predicted molar refractivity (Wildman–Crippen MR) is 69.6 cm³/mol. The first-order valence-corrected chi connectivity index (χ1v) is 6.44. The standard InChI is InChI=1S/C11H15N3O4S/c1-6(7-2-3-19-5-7)13-11(18)14-8(10(16)17)4-9(12)15/h2-3,5-6,8H,4H2,1H3,(H2,12,15)(H,16,17)(H2,13,14,18)/t6?,8-/m1/s1. The number of nitrogens with one attached hydrogen (secondary N) is 2. The molecule has 0 aliphatic carbocycles. The molecule has 0 aromatic carbocycles. The van der Waals surface area contributed by atoms with Gasteiger partial charge in [0, 0.05) is 0 Å². The summed E-state index contributed by atoms with van der Waals surface area (Å²) in [5.41, 5.74) is 5.83. The zero-order valence-corrected chi connectivity index (χ0v) is 11.1. The van der Waals surface area contributed by atoms with Crippen molar-refractivity contribution in [3.05, 3.63) is 22.4 Å². The molecular weight excluding hydrogens is 270 g/mol. The van der Waals surface area contributed by atoms with E-state index in [2.05, 4.69) is 10.6 Å². The number of primary amides is 1. The average Bonchev–Trinajstić information content (AvgIpc) is 2.80. The minimum Gasteiger partial charge on any atom is -0.480 e. The van der Waals surface area contributed by atoms with E-state index < -0.39 is 30.4 Å². The van der Waals surface area contributed by atoms with Gasteiger partial charge in [0.15, 0.2) is 0 Å². The van der Waals surface area contributed by atoms with Crippen LogP contribution in [0.4, 0.5) is 4.79 Å². The van der Waals surface area contributed by atoms with Crippen LogP contribution in [-0.2, 0) is 9.59 Å². The van der Waals surface area contributed by atoms with Crippen molar-refractivity contribution in [2.45, 2.75) is 25.4 Å². The third-order valence-corrected chi connectivity index (χ3v) is 3.10. The first-order chi connectivity index (χ1) is 8.90. The largest absolute Gasteiger partial charge is 0.480 e. The van der Waals surface area contributed by atoms with Crippen LogP contribution in [0.15, 0.2) is 16.8 Å². The number of carboxylic acids is 1. The van der Waals surface area contributed by atoms with Gasteiger partial charge in [0.1, 0.15) is 6.04 Å². The second-order valence-electron chi connectivity index (χ2n) is 3.96. The van der Waals surface area contributed by atoms with Crippen LogP contribution in [0.3, 0.4) is 0 Å². The summed E-state index contributed by atoms with van der Waals surface area (Å²) >= 11 is 1.50. The second-order valence-corrected chi connectivity index (χ2v) is 4.74. The van der Waals surface area contributed by atoms with Crippen LogP contribution < -0.4 is 16.4 Å². The monoisotopic (exact) mass is 285 g/mol. The fourth-order valence-electron chi connectivity index (χ4n) is 1.40. The van der Waals surface area contributed by atoms with E-state index in [1.165, 1.54) is 11.3 Å². The Balaban J connectivity index is 2.53. The third-order valence-electron chi connectivity index (χ3n) is 2.40. The van der Waals surface area contributed by atoms with E-state index in [0.29, 0.717) is 0 Å². The van der Waals surface area contributed by atoms with Gasteiger partial charge in [0.25, 0.3) is 0 Å². The van der Waals surface area contributed by atoms with E-state index in [1.54, 1.807) is 6.92 Å². The molecule has 7 nitrogen and oxygen atoms in total. The molecule has 104 valence electrons. The Morgan fingerprint density at radius 2 is 2.11 bits per heavy atom. The van der Waals surface area contributed by atoms with Crippen molar-refractivity contribution < 1.29 is 19.5 Å². The number of nitrogens with two attached hydrogens (primary N) is 1. The molecular formula is C11H15N3O4S. The van der Waals surface area contributed by atoms with E-state index in [9.17, 15) is 14.4 Å². The highest BCUT2D eigenvalue weighted by molar-refractivity contribution is 7.07. The molecule has 1 rings (SSSR count). The SMILES string of the molecule is CC(NC(=O)N[C@H](CC(N)=O)C(=O)O)c1ccsc1. The fraction of sp³-hybridized carbons (Fsp3) is 0.364. The lowest BCUT2D eigenvalue weighted by Crippen LogP contribution is -2.48. The number of rotatable bonds is 6. The minimum absolute atomic E-state index is 0.255. The number of urea groups is 1. The number of aliphatic carboxylic acids is 1. The highest BCUT2D eigenvalue weighted by atomic mass is 32.1. The smallest absolute Gasteiger partial charge is 0.326 e. The molecule has 0 aliphatic heterocycles. The number of hydrogen-bond acceptors (Lipinski definition) is 4. The molecule has 0 fully saturated rings. The zero-order chi connectivity index (χ0) is 14.4. The Labute approximate surface area is 113 Å². The van der Waals surface area contributed by atoms with Crippen LogP contribution in [0.2, 0.25) is 0 Å². The van der Waals surface area contributed by atoms with Gasteiger partial charge in [-0.15, -0.1) is 0 Å². The molecule has 0 bridgehead atoms. The van der Waals surface area contributed by atoms with Crippen molar-refractivity contribution in [1.29, 1.82) is 0 Å². The molecule has 5 N–H and O–H groups in total. The summed E-state index contributed by atoms with van der Waals surface area (Å²) in [5.74, 6) is -2.10. The van der Waals surface area contributed by atoms with Crippen molar-refractivity contribution in [2.24, 2.45) is 5.73 Å². The summed E-state index contributed by atoms with van der Waals surface area (Å²) in [5, 5.41) is 17.4. The molecule has 1 heterocycles. The van der Waals surface area contributed by atoms with Crippen molar-refractivity contribution in [1.82, 2.24) is 10.6 Å². The van der Waals surface area contributed by atoms with Crippen molar-refractivity contribution in [2.75, 3.05) is 0 Å². The average molecular weight is 285 g/mol. The number of thiophene rings is 1. The van der Waals surface area contributed by atoms with E-state index in [4.69, 9.17) is 10.8 Å². The molecule has 1 aromatic heterocycles. The molecule has 0 saturated carbocycles. The summed E-state index contributed by atoms with van der Waals surface area (Å²) in [4.78, 5) is 33.1. The van der Waals surface area contributed by atoms with Crippen LogP contribution in [0.1, 0.15) is 24.9 Å². The third kappa shape index (κ3) is 4.96. The summed E-state index contributed by atoms with van der Waals surface area (Å²) in [7, 11) is 0. The van der Waals surface area contributed by atoms with Gasteiger partial charge < -0.3 is 21.5 Å². The normalized spacial score (nSPS) is 13.3. The maximum Gasteiger partial charge on any atom is 0.326 e. The van der Waals surface area contributed by atoms with Crippen molar-refractivity contribution in [3.63, 3.8) is 0 Å². The van der Waals surface area contributed by atoms with Gasteiger partial charge in [0.2, 0.25) is 5.91 Å². The Morgan fingerprint density at radius 1 is 1.42 bits per heavy atom. The van der Waals surface area contributed by atoms with Crippen molar-refractivity contribution in [3.8, 4) is 0 Å². The molecule has 0 spiro atoms. The van der Waals surface area contributed by atoms with Gasteiger partial charge in [-0.2, -0.15) is 11.3 Å². The van der Waals surface area contributed by atoms with Crippen LogP contribution in [-0.4, -0.2) is 29.1 Å². The predicted octanol–water partition coefficient (Wildman–Crippen LogP) is 0.437. The van der Waals surface area contributed by atoms with Gasteiger partial charge in [-0.25, -0.2) is 9.59 Å². The van der Waals surface area contributed by atoms with Gasteiger partial charge in [0.05, 0.1) is 12.5 Å². The van der Waals surface area contributed by atoms with Crippen LogP contribution in [0.5, 0.6) is 0 Å². The van der Waals surface area contributed by atoms with Gasteiger partial charge >= 0.3 is 12.0 Å². The highest BCUT2D eigenvalue weighted by Crippen LogP contribution is 2.15. The molecule has 19 heavy (non-hydrogen) atoms. The number of amides is 3. The number of carbonyl (C=O) groups is 3. The molecule has 3 amide bonds. The first kappa shape index (κ1) is 15.0. The Kier molecular flexibility index (Phi) is 5.31. The molecule has 0 saturated heterocycles. The van der Waals surface area contributed by atoms with Gasteiger partial charge in [-0.1, -0.05) is 0 Å². The lowest BCUT2D eigenvalue weighted by atomic mass is 10.2. The number of carboxylic acid groups (broad SMARTS) is 1. The maximum atomic E-state index is 11.6. The summed E-state index contributed by atoms with van der Waals surface area (Å²) in [6.07, 6.45) is -0.449. The molecule has 1 unspecified atom stereocenters. The van der Waals surface area contributed by atoms with E-state index in [-0.39, 0.29) is 6.04 Å². The topological polar surface area (TPSA) is 122 Å². The highest BCUT2D eigenvalue weighted by Gasteiger charge is 2.22. The van der Waals surface area contributed by atoms with Gasteiger partial charge in [-0.3, -0.25) is 4.79 Å². The minimum atomic E-state index is -1.33. The van der Waals surface area contributed by atoms with Crippen LogP contribution in [0.25, 0.3) is 0 Å². The quantitative estimate of drug-likeness (QED) is 0.605. The molecule has 0 aliphatic rings. The fourth-order valence-corrected chi connectivity index (χ4v) is 2.16. The molecule has 2 atom stereocenters. The van der Waals surface area contributed by atoms with E-state index >= 15 is 0 Å². The Morgan fingerprint density at radius 3 is 2.58 bits per heavy atom. The van der Waals surface area contributed by atoms with Crippen LogP contribution >= 0.6 is 11.3 Å². The number of hydrogen-bond donors (Lipinski definition) is 4. The zero-order valence-electron chi connectivity index (χ0n) is 10.3. The Bertz CT molecular complexity index is 461. The van der Waals surface area contributed by atoms with Crippen molar-refractivity contribution >= 4 is 29.2 Å². The molecule has 8 heteroatoms. The second kappa shape index (κ2) is 6.74. The maximum absolute atomic E-state index is 11.6. The molecule has 0 radical (unpaired) electrons. The summed E-state index contributed by atoms with van der Waals surface area (Å²) in [6, 6.07) is -0.387. The van der Waals surface area contributed by atoms with E-state index in [0.717, 1.165) is 5.56 Å². The van der Waals surface area contributed by atoms with Crippen LogP contribution in [0, 0.1) is 0 Å². The van der Waals surface area contributed by atoms with E-state index in [1.807, 2.05) is 16.8 Å². The lowest BCUT2D eigenvalue weighted by molar-refractivity contribution is -0.140. The summed E-state index contributed by atoms with van der Waals surface area (Å²) < 4.78 is 0. The first-order valence-electron chi connectivity index (χ1n) is 5.50. The summed E-state index contributed by atoms with van der Waals surface area (Å²) in [6.45, 7) is 1.77. The number of carbonyl (C=O) groups excluding carboxylic acids is 2. The molecule has 1 aromatic rings. The Hall–Kier alpha value is -2.09.